The van der Waals surface area contributed by atoms with Crippen LogP contribution >= 0.6 is 0 Å². The van der Waals surface area contributed by atoms with Crippen molar-refractivity contribution in [1.82, 2.24) is 50.2 Å². The maximum absolute atomic E-state index is 12.5. The van der Waals surface area contributed by atoms with Crippen molar-refractivity contribution in [2.45, 2.75) is 227 Å². The van der Waals surface area contributed by atoms with Gasteiger partial charge in [-0.1, -0.05) is 76.6 Å². The summed E-state index contributed by atoms with van der Waals surface area (Å²) >= 11 is 0. The molecule has 4 saturated heterocycles. The van der Waals surface area contributed by atoms with Gasteiger partial charge in [-0.3, -0.25) is 4.90 Å². The Morgan fingerprint density at radius 2 is 1.03 bits per heavy atom. The van der Waals surface area contributed by atoms with Gasteiger partial charge in [0.25, 0.3) is 0 Å². The van der Waals surface area contributed by atoms with Crippen LogP contribution in [0, 0.1) is 35.5 Å². The first-order chi connectivity index (χ1) is 47.1. The maximum atomic E-state index is 12.5. The molecule has 11 heterocycles. The SMILES string of the molecule is CC1CC=C(C2=CCN(C)CC2)N(C(=O)OC(C)(C)C)C1.CC1CC=C(C2=CCN(C)CC2)NC1.CC1CC=C(OS(=O)(=O)C(F)(F)F)N(C(=O)OC(C)(C)C)C1.CN1CC=C(B2OC(C)(C)C(C)(C)O2)CC1.C[C@H]1CC[C@H](C2=CCN(C)CC2)NC1.C[C@H]1CC[C@H](C2CCN(C)CC2)NC1.[B].[H-].[Na+]. The van der Waals surface area contributed by atoms with E-state index in [1.54, 1.807) is 33.3 Å². The number of nitrogens with one attached hydrogen (secondary N) is 3. The zero-order valence-electron chi connectivity index (χ0n) is 68.5. The summed E-state index contributed by atoms with van der Waals surface area (Å²) in [6.45, 7) is 45.5. The Hall–Kier alpha value is -3.17. The van der Waals surface area contributed by atoms with E-state index >= 15 is 0 Å². The van der Waals surface area contributed by atoms with E-state index < -0.39 is 38.8 Å². The van der Waals surface area contributed by atoms with Crippen molar-refractivity contribution in [3.05, 3.63) is 82.0 Å². The molecule has 3 N–H and O–H groups in total. The first kappa shape index (κ1) is 92.2. The first-order valence-electron chi connectivity index (χ1n) is 37.9. The third-order valence-corrected chi connectivity index (χ3v) is 22.1. The van der Waals surface area contributed by atoms with Crippen LogP contribution in [0.2, 0.25) is 0 Å². The summed E-state index contributed by atoms with van der Waals surface area (Å²) in [6, 6.07) is 1.53. The van der Waals surface area contributed by atoms with Gasteiger partial charge in [0.2, 0.25) is 5.88 Å². The molecule has 19 nitrogen and oxygen atoms in total. The third kappa shape index (κ3) is 30.7. The second kappa shape index (κ2) is 41.6. The number of halogens is 3. The van der Waals surface area contributed by atoms with Gasteiger partial charge in [-0.25, -0.2) is 14.5 Å². The largest absolute Gasteiger partial charge is 1.00 e. The molecule has 0 aromatic heterocycles. The van der Waals surface area contributed by atoms with Gasteiger partial charge < -0.3 is 64.8 Å². The Morgan fingerprint density at radius 1 is 0.553 bits per heavy atom. The van der Waals surface area contributed by atoms with Gasteiger partial charge in [-0.2, -0.15) is 21.6 Å². The molecule has 4 fully saturated rings. The van der Waals surface area contributed by atoms with E-state index in [-0.39, 0.29) is 82.7 Å². The van der Waals surface area contributed by atoms with Crippen LogP contribution in [0.1, 0.15) is 189 Å². The van der Waals surface area contributed by atoms with Crippen molar-refractivity contribution in [1.29, 1.82) is 0 Å². The Balaban J connectivity index is 0.000000325. The molecule has 7 atom stereocenters. The average molecular weight is 1480 g/mol. The third-order valence-electron chi connectivity index (χ3n) is 21.1. The Bertz CT molecular complexity index is 2950. The minimum Gasteiger partial charge on any atom is -1.00 e. The molecule has 11 aliphatic heterocycles. The van der Waals surface area contributed by atoms with Crippen LogP contribution in [0.3, 0.4) is 0 Å². The molecule has 103 heavy (non-hydrogen) atoms. The van der Waals surface area contributed by atoms with E-state index in [4.69, 9.17) is 18.8 Å². The van der Waals surface area contributed by atoms with Crippen LogP contribution in [0.5, 0.6) is 0 Å². The van der Waals surface area contributed by atoms with Crippen LogP contribution in [0.4, 0.5) is 22.8 Å². The fraction of sp³-hybridized carbons (Fsp3) is 0.792. The number of hydrogen-bond donors (Lipinski definition) is 3. The molecule has 2 amide bonds. The monoisotopic (exact) mass is 1480 g/mol. The minimum atomic E-state index is -5.84. The summed E-state index contributed by atoms with van der Waals surface area (Å²) in [5.41, 5.74) is 0.884. The molecule has 11 aliphatic rings. The Kier molecular flexibility index (Phi) is 37.2. The molecule has 0 aromatic rings. The number of amides is 2. The topological polar surface area (TPSA) is 173 Å². The van der Waals surface area contributed by atoms with Crippen molar-refractivity contribution in [2.75, 3.05) is 133 Å². The summed E-state index contributed by atoms with van der Waals surface area (Å²) in [4.78, 5) is 38.9. The predicted molar refractivity (Wildman–Crippen MR) is 410 cm³/mol. The summed E-state index contributed by atoms with van der Waals surface area (Å²) in [6.07, 6.45) is 29.2. The van der Waals surface area contributed by atoms with Crippen molar-refractivity contribution in [3.8, 4) is 0 Å². The van der Waals surface area contributed by atoms with Crippen LogP contribution < -0.4 is 45.5 Å². The van der Waals surface area contributed by atoms with Crippen molar-refractivity contribution >= 4 is 37.8 Å². The van der Waals surface area contributed by atoms with E-state index in [0.717, 1.165) is 118 Å². The maximum Gasteiger partial charge on any atom is 1.00 e. The number of ether oxygens (including phenoxy) is 2. The van der Waals surface area contributed by atoms with Crippen molar-refractivity contribution < 1.29 is 85.1 Å². The van der Waals surface area contributed by atoms with Gasteiger partial charge in [-0.05, 0) is 272 Å². The van der Waals surface area contributed by atoms with E-state index in [0.29, 0.717) is 12.0 Å². The normalized spacial score (nSPS) is 27.7. The standard InChI is InChI=1S/C17H28N2O2.C12H22BNO2.C12H18F3NO5S.C12H24N2.C12H22N2.C12H20N2.B.Na.H/c1-13-6-7-15(14-8-10-18(5)11-9-14)19(12-13)16(20)21-17(2,3)4;1-11(2)12(3,4)16-13(15-11)10-6-8-14(5)9-7-10;1-8-5-6-9(21-22(18,19)12(13,14)15)16(7-8)10(17)20-11(2,3)4;3*1-10-3-4-12(13-9-10)11-5-7-14(2)8-6-11;;;/h7-8,13H,6,9-12H2,1-5H3;6H,7-9H2,1-5H3;6,8H,5,7H2,1-4H3;10-13H,3-9H2,1-2H3;5,10,12-13H,3-4,6-9H2,1-2H3;4-5,10,13H,3,6-9H2,1-2H3;;;/q;;;;;;;+1;-1/t;;;2*10-,12+;;;;/m...00..../s1. The van der Waals surface area contributed by atoms with Gasteiger partial charge in [0.15, 0.2) is 0 Å². The number of rotatable bonds is 7. The molecule has 11 rings (SSSR count). The zero-order chi connectivity index (χ0) is 74.8. The number of allylic oxidation sites excluding steroid dienone is 5. The number of alkyl halides is 3. The summed E-state index contributed by atoms with van der Waals surface area (Å²) < 4.78 is 86.1. The van der Waals surface area contributed by atoms with Gasteiger partial charge in [-0.15, -0.1) is 0 Å². The van der Waals surface area contributed by atoms with E-state index in [1.807, 2.05) is 25.7 Å². The van der Waals surface area contributed by atoms with Crippen LogP contribution in [0.25, 0.3) is 0 Å². The zero-order valence-corrected chi connectivity index (χ0v) is 70.3. The number of nitrogens with zero attached hydrogens (tertiary/aromatic N) is 7. The predicted octanol–water partition coefficient (Wildman–Crippen LogP) is 10.1. The Labute approximate surface area is 647 Å². The number of carbonyl (C=O) groups excluding carboxylic acids is 2. The second-order valence-corrected chi connectivity index (χ2v) is 35.5. The molecule has 0 aromatic carbocycles. The summed E-state index contributed by atoms with van der Waals surface area (Å²) in [7, 11) is 4.89. The average Bonchev–Trinajstić information content (AvgIpc) is 1.61. The van der Waals surface area contributed by atoms with Crippen LogP contribution in [-0.4, -0.2) is 244 Å². The number of carbonyl (C=O) groups is 2. The quantitative estimate of drug-likeness (QED) is 0.0950. The second-order valence-electron chi connectivity index (χ2n) is 34.0. The Morgan fingerprint density at radius 3 is 1.48 bits per heavy atom. The molecule has 3 unspecified atom stereocenters. The van der Waals surface area contributed by atoms with Gasteiger partial charge in [0, 0.05) is 104 Å². The van der Waals surface area contributed by atoms with Crippen LogP contribution in [-0.2, 0) is 33.1 Å². The van der Waals surface area contributed by atoms with Crippen molar-refractivity contribution in [2.24, 2.45) is 35.5 Å². The van der Waals surface area contributed by atoms with E-state index in [9.17, 15) is 31.2 Å². The minimum absolute atomic E-state index is 0. The van der Waals surface area contributed by atoms with E-state index in [1.165, 1.54) is 119 Å². The number of likely N-dealkylation sites (N-methyl/N-ethyl adjacent to an activating group) is 4. The molecule has 3 radical (unpaired) electrons. The molecule has 0 spiro atoms. The number of hydrogen-bond acceptors (Lipinski definition) is 17. The fourth-order valence-electron chi connectivity index (χ4n) is 13.6. The number of likely N-dealkylation sites (tertiary alicyclic amines) is 1. The smallest absolute Gasteiger partial charge is 1.00 e. The van der Waals surface area contributed by atoms with E-state index in [2.05, 4.69) is 172 Å². The van der Waals surface area contributed by atoms with Gasteiger partial charge in [0.05, 0.1) is 11.2 Å². The molecule has 0 bridgehead atoms. The molecule has 581 valence electrons. The first-order valence-corrected chi connectivity index (χ1v) is 39.4. The van der Waals surface area contributed by atoms with Crippen molar-refractivity contribution in [3.63, 3.8) is 0 Å². The number of piperidine rings is 3. The van der Waals surface area contributed by atoms with Gasteiger partial charge >= 0.3 is 64.5 Å². The molecule has 26 heteroatoms. The fourth-order valence-corrected chi connectivity index (χ4v) is 14.1. The molecular weight excluding hydrogens is 1340 g/mol. The summed E-state index contributed by atoms with van der Waals surface area (Å²) in [5.74, 6) is 3.24. The van der Waals surface area contributed by atoms with Crippen LogP contribution in [0.15, 0.2) is 82.0 Å². The molecular formula is C77H135B2F3N10NaO9S. The molecule has 0 aliphatic carbocycles. The van der Waals surface area contributed by atoms with Gasteiger partial charge in [0.1, 0.15) is 11.2 Å². The summed E-state index contributed by atoms with van der Waals surface area (Å²) in [5, 5.41) is 10.9. The molecule has 0 saturated carbocycles.